The van der Waals surface area contributed by atoms with Crippen LogP contribution in [0.15, 0.2) is 91.5 Å². The van der Waals surface area contributed by atoms with Crippen LogP contribution in [0.3, 0.4) is 0 Å². The highest BCUT2D eigenvalue weighted by molar-refractivity contribution is 5.75. The monoisotopic (exact) mass is 483 g/mol. The van der Waals surface area contributed by atoms with Gasteiger partial charge in [0.25, 0.3) is 0 Å². The van der Waals surface area contributed by atoms with Gasteiger partial charge in [-0.25, -0.2) is 4.98 Å². The fourth-order valence-electron chi connectivity index (χ4n) is 4.06. The molecule has 0 aliphatic heterocycles. The van der Waals surface area contributed by atoms with E-state index in [1.807, 2.05) is 54.9 Å². The van der Waals surface area contributed by atoms with Crippen molar-refractivity contribution in [1.29, 1.82) is 0 Å². The van der Waals surface area contributed by atoms with Crippen molar-refractivity contribution in [3.8, 4) is 16.9 Å². The van der Waals surface area contributed by atoms with E-state index < -0.39 is 6.04 Å². The summed E-state index contributed by atoms with van der Waals surface area (Å²) in [5, 5.41) is 3.34. The highest BCUT2D eigenvalue weighted by atomic mass is 16.5. The van der Waals surface area contributed by atoms with Gasteiger partial charge in [-0.3, -0.25) is 10.1 Å². The summed E-state index contributed by atoms with van der Waals surface area (Å²) in [6.07, 6.45) is 5.05. The third-order valence-electron chi connectivity index (χ3n) is 5.97. The third kappa shape index (κ3) is 6.83. The van der Waals surface area contributed by atoms with Gasteiger partial charge in [0.05, 0.1) is 12.4 Å². The van der Waals surface area contributed by atoms with Gasteiger partial charge in [-0.05, 0) is 60.7 Å². The molecule has 186 valence electrons. The first-order valence-electron chi connectivity index (χ1n) is 12.2. The van der Waals surface area contributed by atoms with Gasteiger partial charge in [-0.2, -0.15) is 0 Å². The van der Waals surface area contributed by atoms with Crippen molar-refractivity contribution in [2.75, 3.05) is 0 Å². The van der Waals surface area contributed by atoms with E-state index in [9.17, 15) is 4.79 Å². The molecule has 4 rings (SSSR count). The summed E-state index contributed by atoms with van der Waals surface area (Å²) in [4.78, 5) is 16.7. The molecule has 3 aromatic carbocycles. The Morgan fingerprint density at radius 2 is 1.83 bits per heavy atom. The number of rotatable bonds is 11. The molecule has 6 nitrogen and oxygen atoms in total. The van der Waals surface area contributed by atoms with E-state index in [2.05, 4.69) is 59.7 Å². The average molecular weight is 484 g/mol. The minimum Gasteiger partial charge on any atom is -0.489 e. The Labute approximate surface area is 212 Å². The zero-order chi connectivity index (χ0) is 25.3. The standard InChI is InChI=1S/C30H33N3O3/c1-22(2)36-30(34)29(19-33-16-15-31-21-33)32-18-24-9-7-13-27(17-24)35-20-26-12-8-14-28(23(26)3)25-10-5-4-6-11-25/h4-17,21-22,29,32H,18-20H2,1-3H3/t29-/m1/s1. The van der Waals surface area contributed by atoms with Gasteiger partial charge in [0, 0.05) is 25.5 Å². The van der Waals surface area contributed by atoms with Crippen molar-refractivity contribution in [2.45, 2.75) is 52.6 Å². The zero-order valence-corrected chi connectivity index (χ0v) is 21.1. The molecule has 0 bridgehead atoms. The summed E-state index contributed by atoms with van der Waals surface area (Å²) in [5.41, 5.74) is 5.80. The van der Waals surface area contributed by atoms with E-state index in [1.54, 1.807) is 12.5 Å². The summed E-state index contributed by atoms with van der Waals surface area (Å²) in [6.45, 7) is 7.27. The lowest BCUT2D eigenvalue weighted by Crippen LogP contribution is -2.41. The van der Waals surface area contributed by atoms with Crippen molar-refractivity contribution < 1.29 is 14.3 Å². The quantitative estimate of drug-likeness (QED) is 0.284. The maximum Gasteiger partial charge on any atom is 0.325 e. The number of ether oxygens (including phenoxy) is 2. The van der Waals surface area contributed by atoms with E-state index in [1.165, 1.54) is 16.7 Å². The summed E-state index contributed by atoms with van der Waals surface area (Å²) < 4.78 is 13.5. The van der Waals surface area contributed by atoms with Crippen LogP contribution in [0.5, 0.6) is 5.75 Å². The lowest BCUT2D eigenvalue weighted by molar-refractivity contribution is -0.150. The predicted molar refractivity (Wildman–Crippen MR) is 141 cm³/mol. The number of carbonyl (C=O) groups excluding carboxylic acids is 1. The van der Waals surface area contributed by atoms with Crippen LogP contribution in [-0.4, -0.2) is 27.7 Å². The van der Waals surface area contributed by atoms with Gasteiger partial charge in [0.2, 0.25) is 0 Å². The molecule has 36 heavy (non-hydrogen) atoms. The number of nitrogens with one attached hydrogen (secondary N) is 1. The predicted octanol–water partition coefficient (Wildman–Crippen LogP) is 5.55. The van der Waals surface area contributed by atoms with Crippen molar-refractivity contribution in [1.82, 2.24) is 14.9 Å². The molecule has 0 aliphatic carbocycles. The van der Waals surface area contributed by atoms with Crippen LogP contribution in [0, 0.1) is 6.92 Å². The molecule has 0 saturated carbocycles. The molecule has 0 spiro atoms. The van der Waals surface area contributed by atoms with Crippen molar-refractivity contribution in [3.63, 3.8) is 0 Å². The Hall–Kier alpha value is -3.90. The second-order valence-electron chi connectivity index (χ2n) is 9.07. The zero-order valence-electron chi connectivity index (χ0n) is 21.1. The van der Waals surface area contributed by atoms with Gasteiger partial charge >= 0.3 is 5.97 Å². The molecule has 6 heteroatoms. The van der Waals surface area contributed by atoms with E-state index in [-0.39, 0.29) is 12.1 Å². The summed E-state index contributed by atoms with van der Waals surface area (Å²) in [7, 11) is 0. The van der Waals surface area contributed by atoms with Gasteiger partial charge < -0.3 is 14.0 Å². The SMILES string of the molecule is Cc1c(COc2cccc(CN[C@H](Cn3ccnc3)C(=O)OC(C)C)c2)cccc1-c1ccccc1. The molecular weight excluding hydrogens is 450 g/mol. The van der Waals surface area contributed by atoms with Crippen molar-refractivity contribution in [3.05, 3.63) is 108 Å². The van der Waals surface area contributed by atoms with Crippen molar-refractivity contribution >= 4 is 5.97 Å². The van der Waals surface area contributed by atoms with Crippen LogP contribution in [0.4, 0.5) is 0 Å². The molecule has 1 atom stereocenters. The smallest absolute Gasteiger partial charge is 0.325 e. The molecule has 0 unspecified atom stereocenters. The lowest BCUT2D eigenvalue weighted by Gasteiger charge is -2.20. The maximum absolute atomic E-state index is 12.6. The number of esters is 1. The highest BCUT2D eigenvalue weighted by Crippen LogP contribution is 2.26. The largest absolute Gasteiger partial charge is 0.489 e. The molecular formula is C30H33N3O3. The van der Waals surface area contributed by atoms with Gasteiger partial charge in [0.15, 0.2) is 0 Å². The molecule has 1 N–H and O–H groups in total. The number of nitrogens with zero attached hydrogens (tertiary/aromatic N) is 2. The first-order chi connectivity index (χ1) is 17.5. The minimum absolute atomic E-state index is 0.176. The van der Waals surface area contributed by atoms with Gasteiger partial charge in [-0.15, -0.1) is 0 Å². The first-order valence-corrected chi connectivity index (χ1v) is 12.2. The van der Waals surface area contributed by atoms with Crippen LogP contribution in [0.25, 0.3) is 11.1 Å². The van der Waals surface area contributed by atoms with Crippen molar-refractivity contribution in [2.24, 2.45) is 0 Å². The average Bonchev–Trinajstić information content (AvgIpc) is 3.39. The normalized spacial score (nSPS) is 11.9. The van der Waals surface area contributed by atoms with Gasteiger partial charge in [-0.1, -0.05) is 60.7 Å². The molecule has 0 aliphatic rings. The van der Waals surface area contributed by atoms with Crippen LogP contribution in [0.1, 0.15) is 30.5 Å². The molecule has 1 heterocycles. The first kappa shape index (κ1) is 25.2. The maximum atomic E-state index is 12.6. The van der Waals surface area contributed by atoms with E-state index >= 15 is 0 Å². The molecule has 0 radical (unpaired) electrons. The van der Waals surface area contributed by atoms with Crippen LogP contribution in [0.2, 0.25) is 0 Å². The number of imidazole rings is 1. The summed E-state index contributed by atoms with van der Waals surface area (Å²) in [6, 6.07) is 24.2. The number of hydrogen-bond donors (Lipinski definition) is 1. The molecule has 4 aromatic rings. The molecule has 1 aromatic heterocycles. The number of hydrogen-bond acceptors (Lipinski definition) is 5. The number of aromatic nitrogens is 2. The Balaban J connectivity index is 1.40. The fourth-order valence-corrected chi connectivity index (χ4v) is 4.06. The summed E-state index contributed by atoms with van der Waals surface area (Å²) in [5.74, 6) is 0.509. The topological polar surface area (TPSA) is 65.4 Å². The van der Waals surface area contributed by atoms with Crippen LogP contribution >= 0.6 is 0 Å². The summed E-state index contributed by atoms with van der Waals surface area (Å²) >= 11 is 0. The Bertz CT molecular complexity index is 1250. The minimum atomic E-state index is -0.491. The second-order valence-corrected chi connectivity index (χ2v) is 9.07. The van der Waals surface area contributed by atoms with Gasteiger partial charge in [0.1, 0.15) is 18.4 Å². The second kappa shape index (κ2) is 12.2. The molecule has 0 amide bonds. The highest BCUT2D eigenvalue weighted by Gasteiger charge is 2.21. The lowest BCUT2D eigenvalue weighted by atomic mass is 9.97. The van der Waals surface area contributed by atoms with E-state index in [0.29, 0.717) is 19.7 Å². The fraction of sp³-hybridized carbons (Fsp3) is 0.267. The molecule has 0 saturated heterocycles. The van der Waals surface area contributed by atoms with E-state index in [4.69, 9.17) is 9.47 Å². The molecule has 0 fully saturated rings. The number of benzene rings is 3. The number of carbonyl (C=O) groups is 1. The van der Waals surface area contributed by atoms with Crippen LogP contribution in [-0.2, 0) is 29.2 Å². The van der Waals surface area contributed by atoms with Crippen LogP contribution < -0.4 is 10.1 Å². The Morgan fingerprint density at radius 3 is 2.58 bits per heavy atom. The Morgan fingerprint density at radius 1 is 1.03 bits per heavy atom. The van der Waals surface area contributed by atoms with E-state index in [0.717, 1.165) is 16.9 Å². The Kier molecular flexibility index (Phi) is 8.53. The third-order valence-corrected chi connectivity index (χ3v) is 5.97.